The zero-order valence-electron chi connectivity index (χ0n) is 13.8. The van der Waals surface area contributed by atoms with Crippen LogP contribution < -0.4 is 5.32 Å². The molecule has 0 amide bonds. The molecule has 3 rings (SSSR count). The Morgan fingerprint density at radius 3 is 2.43 bits per heavy atom. The van der Waals surface area contributed by atoms with Crippen molar-refractivity contribution in [3.63, 3.8) is 0 Å². The van der Waals surface area contributed by atoms with Gasteiger partial charge in [0.25, 0.3) is 0 Å². The van der Waals surface area contributed by atoms with Crippen molar-refractivity contribution in [2.75, 3.05) is 0 Å². The number of nitrogens with zero attached hydrogens (tertiary/aromatic N) is 3. The summed E-state index contributed by atoms with van der Waals surface area (Å²) in [5.41, 5.74) is 1.16. The maximum atomic E-state index is 5.79. The van der Waals surface area contributed by atoms with Crippen molar-refractivity contribution in [1.29, 1.82) is 0 Å². The van der Waals surface area contributed by atoms with E-state index in [0.29, 0.717) is 6.54 Å². The first-order valence-electron chi connectivity index (χ1n) is 7.91. The highest BCUT2D eigenvalue weighted by Crippen LogP contribution is 2.21. The summed E-state index contributed by atoms with van der Waals surface area (Å²) in [7, 11) is 1.99. The molecule has 120 valence electrons. The Morgan fingerprint density at radius 1 is 1.09 bits per heavy atom. The van der Waals surface area contributed by atoms with Crippen LogP contribution in [0.3, 0.4) is 0 Å². The molecule has 0 radical (unpaired) electrons. The fourth-order valence-corrected chi connectivity index (χ4v) is 2.59. The molecule has 0 saturated heterocycles. The zero-order valence-corrected chi connectivity index (χ0v) is 13.8. The van der Waals surface area contributed by atoms with Crippen LogP contribution in [-0.4, -0.2) is 14.8 Å². The van der Waals surface area contributed by atoms with E-state index in [9.17, 15) is 0 Å². The second-order valence-electron chi connectivity index (χ2n) is 5.61. The Kier molecular flexibility index (Phi) is 4.57. The van der Waals surface area contributed by atoms with Gasteiger partial charge in [0.2, 0.25) is 0 Å². The maximum absolute atomic E-state index is 5.79. The summed E-state index contributed by atoms with van der Waals surface area (Å²) in [6.45, 7) is 4.69. The van der Waals surface area contributed by atoms with Crippen molar-refractivity contribution < 1.29 is 4.42 Å². The largest absolute Gasteiger partial charge is 0.465 e. The number of furan rings is 1. The molecule has 5 nitrogen and oxygen atoms in total. The van der Waals surface area contributed by atoms with Crippen molar-refractivity contribution in [1.82, 2.24) is 20.1 Å². The standard InChI is InChI=1S/C18H22N4O/c1-4-15-10-11-16(23-15)12-19-17(14-8-6-5-7-9-14)18-21-20-13(2)22(18)3/h5-11,17,19H,4,12H2,1-3H3. The predicted molar refractivity (Wildman–Crippen MR) is 89.0 cm³/mol. The van der Waals surface area contributed by atoms with Crippen molar-refractivity contribution in [2.24, 2.45) is 7.05 Å². The first-order chi connectivity index (χ1) is 11.2. The monoisotopic (exact) mass is 310 g/mol. The number of hydrogen-bond acceptors (Lipinski definition) is 4. The lowest BCUT2D eigenvalue weighted by molar-refractivity contribution is 0.434. The SMILES string of the molecule is CCc1ccc(CNC(c2ccccc2)c2nnc(C)n2C)o1. The Bertz CT molecular complexity index is 760. The molecule has 0 aliphatic rings. The molecule has 23 heavy (non-hydrogen) atoms. The second-order valence-corrected chi connectivity index (χ2v) is 5.61. The number of aromatic nitrogens is 3. The van der Waals surface area contributed by atoms with Gasteiger partial charge < -0.3 is 8.98 Å². The molecule has 0 spiro atoms. The van der Waals surface area contributed by atoms with Crippen LogP contribution in [0.4, 0.5) is 0 Å². The third-order valence-electron chi connectivity index (χ3n) is 4.06. The van der Waals surface area contributed by atoms with Crippen molar-refractivity contribution >= 4 is 0 Å². The van der Waals surface area contributed by atoms with Gasteiger partial charge in [-0.1, -0.05) is 37.3 Å². The van der Waals surface area contributed by atoms with Crippen LogP contribution in [0.25, 0.3) is 0 Å². The number of hydrogen-bond donors (Lipinski definition) is 1. The average Bonchev–Trinajstić information content (AvgIpc) is 3.17. The first kappa shape index (κ1) is 15.5. The van der Waals surface area contributed by atoms with Crippen LogP contribution in [0.15, 0.2) is 46.9 Å². The van der Waals surface area contributed by atoms with Gasteiger partial charge in [-0.2, -0.15) is 0 Å². The minimum Gasteiger partial charge on any atom is -0.465 e. The van der Waals surface area contributed by atoms with Crippen molar-refractivity contribution in [3.8, 4) is 0 Å². The Morgan fingerprint density at radius 2 is 1.83 bits per heavy atom. The van der Waals surface area contributed by atoms with E-state index in [1.54, 1.807) is 0 Å². The van der Waals surface area contributed by atoms with Crippen LogP contribution in [0.5, 0.6) is 0 Å². The molecule has 1 N–H and O–H groups in total. The molecule has 0 bridgehead atoms. The number of rotatable bonds is 6. The average molecular weight is 310 g/mol. The number of aryl methyl sites for hydroxylation is 2. The van der Waals surface area contributed by atoms with E-state index in [-0.39, 0.29) is 6.04 Å². The lowest BCUT2D eigenvalue weighted by Gasteiger charge is -2.18. The van der Waals surface area contributed by atoms with Crippen molar-refractivity contribution in [3.05, 3.63) is 71.2 Å². The third-order valence-corrected chi connectivity index (χ3v) is 4.06. The zero-order chi connectivity index (χ0) is 16.2. The Balaban J connectivity index is 1.85. The van der Waals surface area contributed by atoms with Gasteiger partial charge in [0.15, 0.2) is 5.82 Å². The highest BCUT2D eigenvalue weighted by Gasteiger charge is 2.20. The Hall–Kier alpha value is -2.40. The third kappa shape index (κ3) is 3.35. The number of nitrogens with one attached hydrogen (secondary N) is 1. The molecule has 2 aromatic heterocycles. The van der Waals surface area contributed by atoms with Gasteiger partial charge in [0.1, 0.15) is 17.3 Å². The van der Waals surface area contributed by atoms with Gasteiger partial charge in [-0.15, -0.1) is 10.2 Å². The van der Waals surface area contributed by atoms with Crippen LogP contribution in [0.2, 0.25) is 0 Å². The fraction of sp³-hybridized carbons (Fsp3) is 0.333. The summed E-state index contributed by atoms with van der Waals surface area (Å²) in [6, 6.07) is 14.3. The highest BCUT2D eigenvalue weighted by atomic mass is 16.3. The number of benzene rings is 1. The minimum absolute atomic E-state index is 0.0300. The summed E-state index contributed by atoms with van der Waals surface area (Å²) in [6.07, 6.45) is 0.907. The molecular formula is C18H22N4O. The second kappa shape index (κ2) is 6.79. The fourth-order valence-electron chi connectivity index (χ4n) is 2.59. The van der Waals surface area contributed by atoms with Crippen LogP contribution in [-0.2, 0) is 20.0 Å². The normalized spacial score (nSPS) is 12.5. The van der Waals surface area contributed by atoms with E-state index in [0.717, 1.165) is 35.2 Å². The molecule has 0 aliphatic heterocycles. The van der Waals surface area contributed by atoms with Gasteiger partial charge in [-0.3, -0.25) is 5.32 Å². The van der Waals surface area contributed by atoms with Gasteiger partial charge in [0.05, 0.1) is 12.6 Å². The molecular weight excluding hydrogens is 288 g/mol. The summed E-state index contributed by atoms with van der Waals surface area (Å²) < 4.78 is 7.80. The lowest BCUT2D eigenvalue weighted by Crippen LogP contribution is -2.24. The van der Waals surface area contributed by atoms with E-state index in [1.807, 2.05) is 48.9 Å². The summed E-state index contributed by atoms with van der Waals surface area (Å²) >= 11 is 0. The summed E-state index contributed by atoms with van der Waals surface area (Å²) in [5.74, 6) is 3.74. The van der Waals surface area contributed by atoms with Crippen LogP contribution >= 0.6 is 0 Å². The van der Waals surface area contributed by atoms with E-state index in [4.69, 9.17) is 4.42 Å². The molecule has 1 unspecified atom stereocenters. The Labute approximate surface area is 136 Å². The molecule has 0 aliphatic carbocycles. The van der Waals surface area contributed by atoms with E-state index >= 15 is 0 Å². The van der Waals surface area contributed by atoms with Crippen molar-refractivity contribution in [2.45, 2.75) is 32.9 Å². The smallest absolute Gasteiger partial charge is 0.154 e. The van der Waals surface area contributed by atoms with Gasteiger partial charge in [-0.25, -0.2) is 0 Å². The quantitative estimate of drug-likeness (QED) is 0.760. The molecule has 1 atom stereocenters. The molecule has 0 saturated carbocycles. The lowest BCUT2D eigenvalue weighted by atomic mass is 10.1. The predicted octanol–water partition coefficient (Wildman–Crippen LogP) is 3.16. The van der Waals surface area contributed by atoms with Gasteiger partial charge >= 0.3 is 0 Å². The maximum Gasteiger partial charge on any atom is 0.154 e. The summed E-state index contributed by atoms with van der Waals surface area (Å²) in [4.78, 5) is 0. The first-order valence-corrected chi connectivity index (χ1v) is 7.91. The molecule has 3 aromatic rings. The topological polar surface area (TPSA) is 55.9 Å². The highest BCUT2D eigenvalue weighted by molar-refractivity contribution is 5.25. The molecule has 0 fully saturated rings. The summed E-state index contributed by atoms with van der Waals surface area (Å²) in [5, 5.41) is 12.1. The van der Waals surface area contributed by atoms with Crippen LogP contribution in [0, 0.1) is 6.92 Å². The van der Waals surface area contributed by atoms with E-state index in [1.165, 1.54) is 0 Å². The molecule has 5 heteroatoms. The van der Waals surface area contributed by atoms with Gasteiger partial charge in [0, 0.05) is 13.5 Å². The molecule has 1 aromatic carbocycles. The molecule has 2 heterocycles. The van der Waals surface area contributed by atoms with E-state index in [2.05, 4.69) is 34.6 Å². The minimum atomic E-state index is -0.0300. The van der Waals surface area contributed by atoms with E-state index < -0.39 is 0 Å². The van der Waals surface area contributed by atoms with Gasteiger partial charge in [-0.05, 0) is 24.6 Å². The van der Waals surface area contributed by atoms with Crippen LogP contribution in [0.1, 0.15) is 41.7 Å².